The number of anilines is 1. The molecule has 1 aliphatic rings. The van der Waals surface area contributed by atoms with Crippen LogP contribution in [0.3, 0.4) is 0 Å². The first-order valence-electron chi connectivity index (χ1n) is 8.73. The van der Waals surface area contributed by atoms with Crippen molar-refractivity contribution < 1.29 is 23.8 Å². The fourth-order valence-electron chi connectivity index (χ4n) is 3.44. The molecular weight excluding hydrogens is 350 g/mol. The third-order valence-electron chi connectivity index (χ3n) is 4.57. The molecule has 1 aromatic heterocycles. The van der Waals surface area contributed by atoms with E-state index in [4.69, 9.17) is 14.2 Å². The Hall–Kier alpha value is -3.03. The first kappa shape index (κ1) is 18.8. The number of hydrogen-bond acceptors (Lipinski definition) is 6. The maximum atomic E-state index is 12.4. The van der Waals surface area contributed by atoms with Crippen molar-refractivity contribution in [1.82, 2.24) is 9.78 Å². The molecule has 1 amide bonds. The minimum Gasteiger partial charge on any atom is -0.497 e. The predicted molar refractivity (Wildman–Crippen MR) is 98.2 cm³/mol. The van der Waals surface area contributed by atoms with Gasteiger partial charge in [-0.05, 0) is 32.0 Å². The molecule has 8 heteroatoms. The van der Waals surface area contributed by atoms with Gasteiger partial charge in [0.05, 0.1) is 26.5 Å². The van der Waals surface area contributed by atoms with Gasteiger partial charge in [-0.2, -0.15) is 5.10 Å². The van der Waals surface area contributed by atoms with E-state index in [1.165, 1.54) is 4.68 Å². The summed E-state index contributed by atoms with van der Waals surface area (Å²) in [5, 5.41) is 7.30. The van der Waals surface area contributed by atoms with E-state index in [2.05, 4.69) is 10.4 Å². The number of amides is 1. The summed E-state index contributed by atoms with van der Waals surface area (Å²) in [7, 11) is 3.18. The number of esters is 1. The summed E-state index contributed by atoms with van der Waals surface area (Å²) in [6.45, 7) is 3.83. The van der Waals surface area contributed by atoms with E-state index in [0.717, 1.165) is 16.8 Å². The van der Waals surface area contributed by atoms with E-state index < -0.39 is 5.97 Å². The van der Waals surface area contributed by atoms with Crippen molar-refractivity contribution in [3.8, 4) is 11.5 Å². The SMILES string of the molecule is CCOC(=O)Cn1nc(C)c2c1NC(=O)C[C@H]2c1cc(OC)ccc1OC. The van der Waals surface area contributed by atoms with Gasteiger partial charge in [0.25, 0.3) is 0 Å². The number of methoxy groups -OCH3 is 2. The minimum atomic E-state index is -0.405. The van der Waals surface area contributed by atoms with Crippen molar-refractivity contribution >= 4 is 17.7 Å². The summed E-state index contributed by atoms with van der Waals surface area (Å²) in [4.78, 5) is 24.3. The molecule has 0 aliphatic carbocycles. The normalized spacial score (nSPS) is 15.7. The largest absolute Gasteiger partial charge is 0.497 e. The number of benzene rings is 1. The zero-order chi connectivity index (χ0) is 19.6. The standard InChI is InChI=1S/C19H23N3O5/c1-5-27-17(24)10-22-19-18(11(2)21-22)14(9-16(23)20-19)13-8-12(25-3)6-7-15(13)26-4/h6-8,14H,5,9-10H2,1-4H3,(H,20,23)/t14-/m0/s1. The van der Waals surface area contributed by atoms with Crippen LogP contribution in [0.5, 0.6) is 11.5 Å². The Morgan fingerprint density at radius 3 is 2.78 bits per heavy atom. The van der Waals surface area contributed by atoms with Gasteiger partial charge in [-0.25, -0.2) is 4.68 Å². The summed E-state index contributed by atoms with van der Waals surface area (Å²) >= 11 is 0. The van der Waals surface area contributed by atoms with Crippen LogP contribution < -0.4 is 14.8 Å². The smallest absolute Gasteiger partial charge is 0.327 e. The Bertz CT molecular complexity index is 874. The monoisotopic (exact) mass is 373 g/mol. The van der Waals surface area contributed by atoms with Crippen LogP contribution in [-0.2, 0) is 20.9 Å². The van der Waals surface area contributed by atoms with E-state index >= 15 is 0 Å². The van der Waals surface area contributed by atoms with Crippen molar-refractivity contribution in [2.45, 2.75) is 32.7 Å². The molecule has 0 fully saturated rings. The van der Waals surface area contributed by atoms with Crippen molar-refractivity contribution in [3.05, 3.63) is 35.0 Å². The molecule has 0 saturated heterocycles. The van der Waals surface area contributed by atoms with E-state index in [9.17, 15) is 9.59 Å². The highest BCUT2D eigenvalue weighted by Gasteiger charge is 2.34. The van der Waals surface area contributed by atoms with Crippen LogP contribution in [0.1, 0.15) is 36.1 Å². The van der Waals surface area contributed by atoms with Gasteiger partial charge >= 0.3 is 5.97 Å². The Morgan fingerprint density at radius 2 is 2.11 bits per heavy atom. The molecule has 0 unspecified atom stereocenters. The van der Waals surface area contributed by atoms with Crippen LogP contribution in [0.4, 0.5) is 5.82 Å². The van der Waals surface area contributed by atoms with Crippen molar-refractivity contribution in [3.63, 3.8) is 0 Å². The van der Waals surface area contributed by atoms with Crippen LogP contribution in [0, 0.1) is 6.92 Å². The molecule has 0 spiro atoms. The summed E-state index contributed by atoms with van der Waals surface area (Å²) < 4.78 is 17.3. The lowest BCUT2D eigenvalue weighted by molar-refractivity contribution is -0.144. The molecular formula is C19H23N3O5. The molecule has 1 aromatic carbocycles. The third-order valence-corrected chi connectivity index (χ3v) is 4.57. The summed E-state index contributed by atoms with van der Waals surface area (Å²) in [6.07, 6.45) is 0.252. The highest BCUT2D eigenvalue weighted by atomic mass is 16.5. The van der Waals surface area contributed by atoms with Crippen LogP contribution in [0.25, 0.3) is 0 Å². The molecule has 0 bridgehead atoms. The van der Waals surface area contributed by atoms with Gasteiger partial charge < -0.3 is 19.5 Å². The molecule has 27 heavy (non-hydrogen) atoms. The Balaban J connectivity index is 2.08. The van der Waals surface area contributed by atoms with Crippen molar-refractivity contribution in [1.29, 1.82) is 0 Å². The average Bonchev–Trinajstić information content (AvgIpc) is 2.95. The third kappa shape index (κ3) is 3.60. The molecule has 1 atom stereocenters. The Kier molecular flexibility index (Phi) is 5.34. The molecule has 0 saturated carbocycles. The molecule has 0 radical (unpaired) electrons. The first-order valence-corrected chi connectivity index (χ1v) is 8.73. The highest BCUT2D eigenvalue weighted by Crippen LogP contribution is 2.43. The van der Waals surface area contributed by atoms with Gasteiger partial charge in [0, 0.05) is 23.5 Å². The molecule has 3 rings (SSSR count). The number of rotatable bonds is 6. The van der Waals surface area contributed by atoms with Crippen LogP contribution in [0.15, 0.2) is 18.2 Å². The number of fused-ring (bicyclic) bond motifs is 1. The second kappa shape index (κ2) is 7.69. The van der Waals surface area contributed by atoms with Crippen molar-refractivity contribution in [2.24, 2.45) is 0 Å². The van der Waals surface area contributed by atoms with Crippen LogP contribution >= 0.6 is 0 Å². The minimum absolute atomic E-state index is 0.0632. The summed E-state index contributed by atoms with van der Waals surface area (Å²) in [5.74, 6) is 1.05. The topological polar surface area (TPSA) is 91.7 Å². The van der Waals surface area contributed by atoms with Gasteiger partial charge in [-0.3, -0.25) is 9.59 Å². The number of ether oxygens (including phenoxy) is 3. The lowest BCUT2D eigenvalue weighted by atomic mass is 9.85. The van der Waals surface area contributed by atoms with Gasteiger partial charge in [0.1, 0.15) is 23.9 Å². The second-order valence-electron chi connectivity index (χ2n) is 6.22. The molecule has 1 N–H and O–H groups in total. The number of aryl methyl sites for hydroxylation is 1. The van der Waals surface area contributed by atoms with Crippen LogP contribution in [-0.4, -0.2) is 42.5 Å². The maximum absolute atomic E-state index is 12.4. The number of carbonyl (C=O) groups excluding carboxylic acids is 2. The van der Waals surface area contributed by atoms with Gasteiger partial charge in [-0.1, -0.05) is 0 Å². The lowest BCUT2D eigenvalue weighted by Gasteiger charge is -2.26. The molecule has 2 heterocycles. The van der Waals surface area contributed by atoms with Crippen LogP contribution in [0.2, 0.25) is 0 Å². The van der Waals surface area contributed by atoms with Crippen molar-refractivity contribution in [2.75, 3.05) is 26.1 Å². The van der Waals surface area contributed by atoms with E-state index in [1.807, 2.05) is 25.1 Å². The fourth-order valence-corrected chi connectivity index (χ4v) is 3.44. The number of nitrogens with zero attached hydrogens (tertiary/aromatic N) is 2. The molecule has 144 valence electrons. The second-order valence-corrected chi connectivity index (χ2v) is 6.22. The summed E-state index contributed by atoms with van der Waals surface area (Å²) in [6, 6.07) is 5.50. The van der Waals surface area contributed by atoms with Gasteiger partial charge in [0.2, 0.25) is 5.91 Å². The maximum Gasteiger partial charge on any atom is 0.327 e. The number of aromatic nitrogens is 2. The van der Waals surface area contributed by atoms with Gasteiger partial charge in [0.15, 0.2) is 0 Å². The molecule has 1 aliphatic heterocycles. The van der Waals surface area contributed by atoms with E-state index in [1.54, 1.807) is 21.1 Å². The van der Waals surface area contributed by atoms with Gasteiger partial charge in [-0.15, -0.1) is 0 Å². The zero-order valence-corrected chi connectivity index (χ0v) is 15.9. The van der Waals surface area contributed by atoms with E-state index in [-0.39, 0.29) is 31.4 Å². The Labute approximate surface area is 157 Å². The summed E-state index contributed by atoms with van der Waals surface area (Å²) in [5.41, 5.74) is 2.45. The lowest BCUT2D eigenvalue weighted by Crippen LogP contribution is -2.26. The Morgan fingerprint density at radius 1 is 1.33 bits per heavy atom. The number of hydrogen-bond donors (Lipinski definition) is 1. The van der Waals surface area contributed by atoms with E-state index in [0.29, 0.717) is 17.3 Å². The fraction of sp³-hybridized carbons (Fsp3) is 0.421. The predicted octanol–water partition coefficient (Wildman–Crippen LogP) is 2.25. The highest BCUT2D eigenvalue weighted by molar-refractivity contribution is 5.95. The number of carbonyl (C=O) groups is 2. The first-order chi connectivity index (χ1) is 13.0. The molecule has 8 nitrogen and oxygen atoms in total. The number of nitrogens with one attached hydrogen (secondary N) is 1. The zero-order valence-electron chi connectivity index (χ0n) is 15.9. The quantitative estimate of drug-likeness (QED) is 0.781. The average molecular weight is 373 g/mol. The molecule has 2 aromatic rings.